The molecule has 98 valence electrons. The van der Waals surface area contributed by atoms with Crippen molar-refractivity contribution >= 4 is 39.6 Å². The van der Waals surface area contributed by atoms with Gasteiger partial charge in [0, 0.05) is 11.9 Å². The Morgan fingerprint density at radius 1 is 1.37 bits per heavy atom. The molecule has 0 unspecified atom stereocenters. The zero-order valence-electron chi connectivity index (χ0n) is 10.4. The second-order valence-electron chi connectivity index (χ2n) is 3.67. The fraction of sp³-hybridized carbons (Fsp3) is 0.0714. The second kappa shape index (κ2) is 6.63. The Morgan fingerprint density at radius 2 is 2.21 bits per heavy atom. The van der Waals surface area contributed by atoms with E-state index in [0.717, 1.165) is 26.6 Å². The minimum atomic E-state index is 0.778. The first kappa shape index (κ1) is 14.0. The van der Waals surface area contributed by atoms with Crippen LogP contribution in [-0.4, -0.2) is 12.1 Å². The van der Waals surface area contributed by atoms with Crippen molar-refractivity contribution in [3.63, 3.8) is 0 Å². The van der Waals surface area contributed by atoms with Crippen LogP contribution < -0.4 is 9.46 Å². The van der Waals surface area contributed by atoms with Gasteiger partial charge in [0.2, 0.25) is 0 Å². The van der Waals surface area contributed by atoms with Crippen molar-refractivity contribution in [2.24, 2.45) is 0 Å². The molecule has 2 rings (SSSR count). The molecule has 0 atom stereocenters. The number of nitrogens with zero attached hydrogens (tertiary/aromatic N) is 1. The van der Waals surface area contributed by atoms with Crippen molar-refractivity contribution in [2.45, 2.75) is 5.03 Å². The first-order valence-electron chi connectivity index (χ1n) is 5.59. The van der Waals surface area contributed by atoms with E-state index in [1.807, 2.05) is 36.4 Å². The molecule has 0 saturated carbocycles. The van der Waals surface area contributed by atoms with Crippen LogP contribution in [0, 0.1) is 0 Å². The number of hydrogen-bond acceptors (Lipinski definition) is 4. The van der Waals surface area contributed by atoms with E-state index in [4.69, 9.17) is 4.74 Å². The number of halogens is 1. The first-order valence-corrected chi connectivity index (χ1v) is 7.20. The molecular formula is C14H13BrN2OS. The highest BCUT2D eigenvalue weighted by Gasteiger charge is 2.04. The van der Waals surface area contributed by atoms with Gasteiger partial charge in [0.05, 0.1) is 12.8 Å². The van der Waals surface area contributed by atoms with Gasteiger partial charge in [-0.2, -0.15) is 0 Å². The van der Waals surface area contributed by atoms with Gasteiger partial charge in [0.1, 0.15) is 15.4 Å². The van der Waals surface area contributed by atoms with E-state index < -0.39 is 0 Å². The van der Waals surface area contributed by atoms with Gasteiger partial charge in [0.25, 0.3) is 0 Å². The number of nitrogens with one attached hydrogen (secondary N) is 1. The van der Waals surface area contributed by atoms with Crippen LogP contribution in [0.5, 0.6) is 5.75 Å². The van der Waals surface area contributed by atoms with E-state index in [9.17, 15) is 0 Å². The van der Waals surface area contributed by atoms with E-state index in [0.29, 0.717) is 0 Å². The fourth-order valence-electron chi connectivity index (χ4n) is 1.47. The van der Waals surface area contributed by atoms with Gasteiger partial charge in [-0.15, -0.1) is 0 Å². The molecule has 0 aliphatic carbocycles. The van der Waals surface area contributed by atoms with Crippen LogP contribution in [0.2, 0.25) is 0 Å². The van der Waals surface area contributed by atoms with Crippen molar-refractivity contribution in [3.8, 4) is 5.75 Å². The van der Waals surface area contributed by atoms with E-state index in [1.54, 1.807) is 13.2 Å². The molecule has 1 heterocycles. The molecule has 2 aromatic rings. The number of rotatable bonds is 5. The summed E-state index contributed by atoms with van der Waals surface area (Å²) in [6.07, 6.45) is 1.79. The Bertz CT molecular complexity index is 589. The summed E-state index contributed by atoms with van der Waals surface area (Å²) in [5.41, 5.74) is 1.92. The maximum atomic E-state index is 5.35. The number of hydrogen-bond donors (Lipinski definition) is 1. The Hall–Kier alpha value is -1.46. The Kier molecular flexibility index (Phi) is 4.87. The van der Waals surface area contributed by atoms with Crippen molar-refractivity contribution in [1.82, 2.24) is 4.98 Å². The smallest absolute Gasteiger partial charge is 0.143 e. The highest BCUT2D eigenvalue weighted by molar-refractivity contribution is 9.10. The fourth-order valence-corrected chi connectivity index (χ4v) is 2.61. The number of benzene rings is 1. The van der Waals surface area contributed by atoms with Gasteiger partial charge in [0.15, 0.2) is 0 Å². The van der Waals surface area contributed by atoms with Gasteiger partial charge < -0.3 is 9.46 Å². The lowest BCUT2D eigenvalue weighted by Gasteiger charge is -2.10. The number of methoxy groups -OCH3 is 1. The van der Waals surface area contributed by atoms with Gasteiger partial charge in [-0.05, 0) is 45.8 Å². The first-order chi connectivity index (χ1) is 9.22. The summed E-state index contributed by atoms with van der Waals surface area (Å²) in [5.74, 6) is 0.778. The third-order valence-electron chi connectivity index (χ3n) is 2.42. The molecule has 0 saturated heterocycles. The van der Waals surface area contributed by atoms with Crippen molar-refractivity contribution in [2.75, 3.05) is 11.8 Å². The molecule has 1 aromatic heterocycles. The molecule has 3 nitrogen and oxygen atoms in total. The average Bonchev–Trinajstić information content (AvgIpc) is 2.45. The maximum Gasteiger partial charge on any atom is 0.143 e. The third-order valence-corrected chi connectivity index (χ3v) is 3.62. The van der Waals surface area contributed by atoms with E-state index >= 15 is 0 Å². The average molecular weight is 337 g/mol. The molecule has 0 bridgehead atoms. The quantitative estimate of drug-likeness (QED) is 0.638. The largest absolute Gasteiger partial charge is 0.495 e. The lowest BCUT2D eigenvalue weighted by Crippen LogP contribution is -1.94. The normalized spacial score (nSPS) is 10.0. The number of pyridine rings is 1. The van der Waals surface area contributed by atoms with Gasteiger partial charge in [-0.25, -0.2) is 4.98 Å². The summed E-state index contributed by atoms with van der Waals surface area (Å²) in [4.78, 5) is 4.34. The van der Waals surface area contributed by atoms with Gasteiger partial charge >= 0.3 is 0 Å². The number of ether oxygens (including phenoxy) is 1. The van der Waals surface area contributed by atoms with Crippen LogP contribution in [0.3, 0.4) is 0 Å². The van der Waals surface area contributed by atoms with E-state index in [-0.39, 0.29) is 0 Å². The molecular weight excluding hydrogens is 324 g/mol. The van der Waals surface area contributed by atoms with Crippen LogP contribution in [0.1, 0.15) is 5.56 Å². The van der Waals surface area contributed by atoms with Crippen LogP contribution >= 0.6 is 27.9 Å². The summed E-state index contributed by atoms with van der Waals surface area (Å²) in [7, 11) is 1.65. The summed E-state index contributed by atoms with van der Waals surface area (Å²) < 4.78 is 9.39. The predicted molar refractivity (Wildman–Crippen MR) is 84.5 cm³/mol. The molecule has 0 radical (unpaired) electrons. The van der Waals surface area contributed by atoms with E-state index in [1.165, 1.54) is 11.9 Å². The molecule has 0 amide bonds. The molecule has 0 aliphatic heterocycles. The summed E-state index contributed by atoms with van der Waals surface area (Å²) in [6, 6.07) is 11.6. The standard InChI is InChI=1S/C14H13BrN2OS/c1-3-10-7-8-11(12(9-10)18-2)17-19-14-6-4-5-13(15)16-14/h3-9,17H,1H2,2H3. The van der Waals surface area contributed by atoms with Gasteiger partial charge in [-0.3, -0.25) is 0 Å². The molecule has 1 aromatic carbocycles. The highest BCUT2D eigenvalue weighted by Crippen LogP contribution is 2.30. The minimum Gasteiger partial charge on any atom is -0.495 e. The molecule has 19 heavy (non-hydrogen) atoms. The monoisotopic (exact) mass is 336 g/mol. The summed E-state index contributed by atoms with van der Waals surface area (Å²) >= 11 is 4.78. The zero-order chi connectivity index (χ0) is 13.7. The van der Waals surface area contributed by atoms with Crippen LogP contribution in [0.25, 0.3) is 6.08 Å². The summed E-state index contributed by atoms with van der Waals surface area (Å²) in [5, 5.41) is 0.879. The number of aromatic nitrogens is 1. The van der Waals surface area contributed by atoms with Crippen molar-refractivity contribution < 1.29 is 4.74 Å². The van der Waals surface area contributed by atoms with Crippen LogP contribution in [-0.2, 0) is 0 Å². The lowest BCUT2D eigenvalue weighted by molar-refractivity contribution is 0.417. The Labute approximate surface area is 125 Å². The SMILES string of the molecule is C=Cc1ccc(NSc2cccc(Br)n2)c(OC)c1. The lowest BCUT2D eigenvalue weighted by atomic mass is 10.2. The molecule has 0 spiro atoms. The Balaban J connectivity index is 2.13. The third kappa shape index (κ3) is 3.75. The summed E-state index contributed by atoms with van der Waals surface area (Å²) in [6.45, 7) is 3.74. The number of anilines is 1. The van der Waals surface area contributed by atoms with Gasteiger partial charge in [-0.1, -0.05) is 24.8 Å². The molecule has 5 heteroatoms. The van der Waals surface area contributed by atoms with Crippen molar-refractivity contribution in [1.29, 1.82) is 0 Å². The highest BCUT2D eigenvalue weighted by atomic mass is 79.9. The van der Waals surface area contributed by atoms with Crippen LogP contribution in [0.4, 0.5) is 5.69 Å². The molecule has 1 N–H and O–H groups in total. The zero-order valence-corrected chi connectivity index (χ0v) is 12.8. The van der Waals surface area contributed by atoms with Crippen molar-refractivity contribution in [3.05, 3.63) is 53.1 Å². The molecule has 0 fully saturated rings. The topological polar surface area (TPSA) is 34.2 Å². The predicted octanol–water partition coefficient (Wildman–Crippen LogP) is 4.61. The maximum absolute atomic E-state index is 5.35. The van der Waals surface area contributed by atoms with Crippen LogP contribution in [0.15, 0.2) is 52.6 Å². The minimum absolute atomic E-state index is 0.778. The molecule has 0 aliphatic rings. The van der Waals surface area contributed by atoms with E-state index in [2.05, 4.69) is 32.2 Å². The Morgan fingerprint density at radius 3 is 2.89 bits per heavy atom. The second-order valence-corrected chi connectivity index (χ2v) is 5.31.